The second kappa shape index (κ2) is 13.8. The molecular formula is C24H37N3O7S. The highest BCUT2D eigenvalue weighted by Crippen LogP contribution is 2.31. The first-order valence-corrected chi connectivity index (χ1v) is 12.1. The average molecular weight is 512 g/mol. The molecule has 3 amide bonds. The lowest BCUT2D eigenvalue weighted by Crippen LogP contribution is -2.55. The highest BCUT2D eigenvalue weighted by molar-refractivity contribution is 7.80. The molecule has 0 heterocycles. The molecule has 0 spiro atoms. The fourth-order valence-corrected chi connectivity index (χ4v) is 3.50. The van der Waals surface area contributed by atoms with Gasteiger partial charge < -0.3 is 30.1 Å². The van der Waals surface area contributed by atoms with Crippen LogP contribution in [0.2, 0.25) is 0 Å². The van der Waals surface area contributed by atoms with Crippen LogP contribution in [0, 0.1) is 0 Å². The van der Waals surface area contributed by atoms with Gasteiger partial charge in [-0.3, -0.25) is 14.4 Å². The molecule has 0 radical (unpaired) electrons. The monoisotopic (exact) mass is 511 g/mol. The first-order valence-electron chi connectivity index (χ1n) is 11.5. The molecular weight excluding hydrogens is 474 g/mol. The number of benzene rings is 1. The van der Waals surface area contributed by atoms with Crippen LogP contribution in [0.25, 0.3) is 0 Å². The Hall–Kier alpha value is -2.95. The number of nitrogens with zero attached hydrogens (tertiary/aromatic N) is 1. The van der Waals surface area contributed by atoms with E-state index < -0.39 is 47.6 Å². The van der Waals surface area contributed by atoms with Crippen LogP contribution in [0.5, 0.6) is 5.75 Å². The van der Waals surface area contributed by atoms with Crippen molar-refractivity contribution in [2.75, 3.05) is 18.9 Å². The number of alkyl carbamates (subject to hydrolysis) is 1. The van der Waals surface area contributed by atoms with E-state index in [9.17, 15) is 24.3 Å². The van der Waals surface area contributed by atoms with Crippen molar-refractivity contribution in [1.29, 1.82) is 0 Å². The molecule has 10 nitrogen and oxygen atoms in total. The zero-order chi connectivity index (χ0) is 26.8. The quantitative estimate of drug-likeness (QED) is 0.265. The number of amides is 3. The lowest BCUT2D eigenvalue weighted by molar-refractivity contribution is -0.145. The van der Waals surface area contributed by atoms with E-state index >= 15 is 0 Å². The number of rotatable bonds is 11. The molecule has 0 aliphatic carbocycles. The van der Waals surface area contributed by atoms with Crippen LogP contribution >= 0.6 is 12.6 Å². The number of phenolic OH excluding ortho intramolecular Hbond substituents is 1. The summed E-state index contributed by atoms with van der Waals surface area (Å²) in [5, 5.41) is 15.6. The van der Waals surface area contributed by atoms with Gasteiger partial charge >= 0.3 is 12.1 Å². The van der Waals surface area contributed by atoms with Crippen molar-refractivity contribution in [3.63, 3.8) is 0 Å². The second-order valence-electron chi connectivity index (χ2n) is 9.03. The van der Waals surface area contributed by atoms with E-state index in [1.165, 1.54) is 17.0 Å². The second-order valence-corrected chi connectivity index (χ2v) is 9.39. The predicted molar refractivity (Wildman–Crippen MR) is 134 cm³/mol. The van der Waals surface area contributed by atoms with Crippen molar-refractivity contribution in [3.8, 4) is 5.75 Å². The molecule has 11 heteroatoms. The topological polar surface area (TPSA) is 134 Å². The summed E-state index contributed by atoms with van der Waals surface area (Å²) in [6, 6.07) is 3.31. The molecule has 35 heavy (non-hydrogen) atoms. The van der Waals surface area contributed by atoms with Crippen LogP contribution in [0.1, 0.15) is 59.6 Å². The summed E-state index contributed by atoms with van der Waals surface area (Å²) < 4.78 is 10.1. The Morgan fingerprint density at radius 2 is 1.77 bits per heavy atom. The third-order valence-electron chi connectivity index (χ3n) is 4.67. The van der Waals surface area contributed by atoms with E-state index in [0.29, 0.717) is 0 Å². The van der Waals surface area contributed by atoms with Crippen molar-refractivity contribution in [2.24, 2.45) is 0 Å². The molecule has 0 fully saturated rings. The number of nitrogens with one attached hydrogen (secondary N) is 2. The lowest BCUT2D eigenvalue weighted by Gasteiger charge is -2.37. The van der Waals surface area contributed by atoms with Crippen molar-refractivity contribution < 1.29 is 33.8 Å². The van der Waals surface area contributed by atoms with Crippen LogP contribution in [0.3, 0.4) is 0 Å². The number of hydrogen-bond donors (Lipinski definition) is 4. The molecule has 0 bridgehead atoms. The van der Waals surface area contributed by atoms with Gasteiger partial charge in [-0.1, -0.05) is 18.2 Å². The predicted octanol–water partition coefficient (Wildman–Crippen LogP) is 2.56. The molecule has 1 aromatic carbocycles. The van der Waals surface area contributed by atoms with E-state index in [4.69, 9.17) is 9.47 Å². The van der Waals surface area contributed by atoms with E-state index in [0.717, 1.165) is 0 Å². The summed E-state index contributed by atoms with van der Waals surface area (Å²) in [7, 11) is 0. The number of carbonyl (C=O) groups is 4. The molecule has 0 aromatic heterocycles. The standard InChI is InChI=1S/C24H37N3O7S/c1-7-33-19(29)12-13-25-21(30)20(16-10-8-9-11-18(16)28)27(15(2)3)22(31)17(14-35)26-23(32)34-24(4,5)6/h8-11,15,17,20,28,35H,7,12-14H2,1-6H3,(H,25,30)(H,26,32). The minimum Gasteiger partial charge on any atom is -0.508 e. The third-order valence-corrected chi connectivity index (χ3v) is 5.04. The highest BCUT2D eigenvalue weighted by atomic mass is 32.1. The van der Waals surface area contributed by atoms with E-state index in [2.05, 4.69) is 23.3 Å². The smallest absolute Gasteiger partial charge is 0.408 e. The average Bonchev–Trinajstić information content (AvgIpc) is 2.74. The number of aromatic hydroxyl groups is 1. The summed E-state index contributed by atoms with van der Waals surface area (Å²) in [6.07, 6.45) is -0.853. The highest BCUT2D eigenvalue weighted by Gasteiger charge is 2.38. The SMILES string of the molecule is CCOC(=O)CCNC(=O)C(c1ccccc1O)N(C(=O)C(CS)NC(=O)OC(C)(C)C)C(C)C. The first-order chi connectivity index (χ1) is 16.3. The van der Waals surface area contributed by atoms with Gasteiger partial charge in [-0.15, -0.1) is 0 Å². The van der Waals surface area contributed by atoms with Gasteiger partial charge in [0, 0.05) is 23.9 Å². The Kier molecular flexibility index (Phi) is 11.9. The number of thiol groups is 1. The van der Waals surface area contributed by atoms with Gasteiger partial charge in [0.25, 0.3) is 0 Å². The molecule has 2 unspecified atom stereocenters. The van der Waals surface area contributed by atoms with Crippen LogP contribution in [0.15, 0.2) is 24.3 Å². The Morgan fingerprint density at radius 1 is 1.14 bits per heavy atom. The minimum absolute atomic E-state index is 0.0198. The minimum atomic E-state index is -1.24. The molecule has 196 valence electrons. The number of para-hydroxylation sites is 1. The zero-order valence-corrected chi connectivity index (χ0v) is 22.1. The maximum Gasteiger partial charge on any atom is 0.408 e. The number of esters is 1. The number of phenols is 1. The van der Waals surface area contributed by atoms with Crippen LogP contribution in [-0.4, -0.2) is 70.5 Å². The largest absolute Gasteiger partial charge is 0.508 e. The summed E-state index contributed by atoms with van der Waals surface area (Å²) in [5.41, 5.74) is -0.582. The summed E-state index contributed by atoms with van der Waals surface area (Å²) >= 11 is 4.21. The Balaban J connectivity index is 3.28. The van der Waals surface area contributed by atoms with Gasteiger partial charge in [0.2, 0.25) is 11.8 Å². The maximum absolute atomic E-state index is 13.6. The Bertz CT molecular complexity index is 886. The molecule has 1 rings (SSSR count). The Labute approximate surface area is 212 Å². The third kappa shape index (κ3) is 9.67. The molecule has 0 saturated carbocycles. The van der Waals surface area contributed by atoms with Gasteiger partial charge in [-0.25, -0.2) is 4.79 Å². The van der Waals surface area contributed by atoms with Crippen molar-refractivity contribution in [3.05, 3.63) is 29.8 Å². The molecule has 3 N–H and O–H groups in total. The van der Waals surface area contributed by atoms with Crippen LogP contribution < -0.4 is 10.6 Å². The van der Waals surface area contributed by atoms with Gasteiger partial charge in [-0.2, -0.15) is 12.6 Å². The fourth-order valence-electron chi connectivity index (χ4n) is 3.25. The van der Waals surface area contributed by atoms with Gasteiger partial charge in [-0.05, 0) is 47.6 Å². The molecule has 0 aliphatic heterocycles. The normalized spacial score (nSPS) is 12.9. The van der Waals surface area contributed by atoms with Crippen LogP contribution in [0.4, 0.5) is 4.79 Å². The number of ether oxygens (including phenoxy) is 2. The molecule has 0 saturated heterocycles. The number of carbonyl (C=O) groups excluding carboxylic acids is 4. The van der Waals surface area contributed by atoms with Crippen molar-refractivity contribution in [1.82, 2.24) is 15.5 Å². The molecule has 1 aromatic rings. The van der Waals surface area contributed by atoms with Gasteiger partial charge in [0.15, 0.2) is 0 Å². The summed E-state index contributed by atoms with van der Waals surface area (Å²) in [6.45, 7) is 10.4. The lowest BCUT2D eigenvalue weighted by atomic mass is 10.00. The zero-order valence-electron chi connectivity index (χ0n) is 21.2. The van der Waals surface area contributed by atoms with E-state index in [1.807, 2.05) is 0 Å². The van der Waals surface area contributed by atoms with Crippen molar-refractivity contribution in [2.45, 2.75) is 71.7 Å². The van der Waals surface area contributed by atoms with Gasteiger partial charge in [0.05, 0.1) is 13.0 Å². The Morgan fingerprint density at radius 3 is 2.29 bits per heavy atom. The van der Waals surface area contributed by atoms with Crippen LogP contribution in [-0.2, 0) is 23.9 Å². The van der Waals surface area contributed by atoms with Gasteiger partial charge in [0.1, 0.15) is 23.4 Å². The summed E-state index contributed by atoms with van der Waals surface area (Å²) in [4.78, 5) is 52.1. The first kappa shape index (κ1) is 30.1. The maximum atomic E-state index is 13.6. The van der Waals surface area contributed by atoms with E-state index in [-0.39, 0.29) is 36.6 Å². The van der Waals surface area contributed by atoms with Crippen molar-refractivity contribution >= 4 is 36.5 Å². The molecule has 0 aliphatic rings. The fraction of sp³-hybridized carbons (Fsp3) is 0.583. The summed E-state index contributed by atoms with van der Waals surface area (Å²) in [5.74, 6) is -1.90. The van der Waals surface area contributed by atoms with E-state index in [1.54, 1.807) is 53.7 Å². The molecule has 2 atom stereocenters. The number of hydrogen-bond acceptors (Lipinski definition) is 8.